The molecule has 0 N–H and O–H groups in total. The summed E-state index contributed by atoms with van der Waals surface area (Å²) < 4.78 is 4.37. The van der Waals surface area contributed by atoms with Crippen molar-refractivity contribution in [1.29, 1.82) is 0 Å². The number of anilines is 2. The molecule has 0 radical (unpaired) electrons. The summed E-state index contributed by atoms with van der Waals surface area (Å²) in [6, 6.07) is 53.4. The van der Waals surface area contributed by atoms with Gasteiger partial charge in [-0.1, -0.05) is 159 Å². The van der Waals surface area contributed by atoms with Gasteiger partial charge < -0.3 is 9.47 Å². The van der Waals surface area contributed by atoms with Gasteiger partial charge in [0.1, 0.15) is 5.82 Å². The summed E-state index contributed by atoms with van der Waals surface area (Å²) >= 11 is 0. The van der Waals surface area contributed by atoms with Crippen molar-refractivity contribution in [3.8, 4) is 11.5 Å². The molecule has 0 saturated carbocycles. The summed E-state index contributed by atoms with van der Waals surface area (Å²) in [5, 5.41) is 7.44. The number of pyridine rings is 1. The largest absolute Gasteiger partial charge is 2.00 e. The second kappa shape index (κ2) is 15.4. The van der Waals surface area contributed by atoms with Crippen LogP contribution < -0.4 is 4.90 Å². The second-order valence-corrected chi connectivity index (χ2v) is 18.9. The summed E-state index contributed by atoms with van der Waals surface area (Å²) in [6.07, 6.45) is 1.95. The maximum atomic E-state index is 5.14. The van der Waals surface area contributed by atoms with Crippen molar-refractivity contribution >= 4 is 33.2 Å². The molecule has 3 aromatic heterocycles. The molecule has 0 aliphatic carbocycles. The molecular weight excluding hydrogens is 902 g/mol. The van der Waals surface area contributed by atoms with E-state index in [0.29, 0.717) is 0 Å². The minimum absolute atomic E-state index is 0. The molecule has 0 unspecified atom stereocenters. The van der Waals surface area contributed by atoms with E-state index in [1.807, 2.05) is 6.20 Å². The predicted molar refractivity (Wildman–Crippen MR) is 242 cm³/mol. The first-order valence-corrected chi connectivity index (χ1v) is 20.4. The maximum absolute atomic E-state index is 5.14. The van der Waals surface area contributed by atoms with E-state index in [-0.39, 0.29) is 42.7 Å². The summed E-state index contributed by atoms with van der Waals surface area (Å²) in [5.74, 6) is 0.865. The van der Waals surface area contributed by atoms with Gasteiger partial charge in [0, 0.05) is 46.1 Å². The van der Waals surface area contributed by atoms with Crippen LogP contribution >= 0.6 is 0 Å². The number of aromatic nitrogens is 4. The molecule has 3 heterocycles. The fourth-order valence-corrected chi connectivity index (χ4v) is 8.09. The number of fused-ring (bicyclic) bond motifs is 3. The molecule has 302 valence electrons. The monoisotopic (exact) mass is 956 g/mol. The van der Waals surface area contributed by atoms with Gasteiger partial charge in [0.05, 0.1) is 5.69 Å². The minimum Gasteiger partial charge on any atom is -0.391 e. The SMILES string of the molecule is CN(c1[c-]c(-n2nc(C(C)(C)C)cc2C(C)(C)C)ccc1)c1[c-]c2c(cc1)c1cc(C(C)(C)c3ccccc3)ccc1n2-c1cc(C(C)(C)c2ccccc2)ccn1.[Pt+2]. The molecule has 0 atom stereocenters. The number of rotatable bonds is 8. The first-order valence-electron chi connectivity index (χ1n) is 20.4. The molecule has 0 amide bonds. The molecular formula is C53H55N5Pt. The number of hydrogen-bond acceptors (Lipinski definition) is 3. The second-order valence-electron chi connectivity index (χ2n) is 18.9. The van der Waals surface area contributed by atoms with Crippen LogP contribution in [0.3, 0.4) is 0 Å². The third-order valence-electron chi connectivity index (χ3n) is 12.0. The van der Waals surface area contributed by atoms with E-state index < -0.39 is 0 Å². The zero-order valence-electron chi connectivity index (χ0n) is 36.3. The van der Waals surface area contributed by atoms with E-state index in [4.69, 9.17) is 10.1 Å². The molecule has 8 aromatic rings. The third-order valence-corrected chi connectivity index (χ3v) is 12.0. The van der Waals surface area contributed by atoms with Crippen LogP contribution in [0.4, 0.5) is 11.4 Å². The maximum Gasteiger partial charge on any atom is 2.00 e. The summed E-state index contributed by atoms with van der Waals surface area (Å²) in [7, 11) is 2.09. The van der Waals surface area contributed by atoms with E-state index in [1.54, 1.807) is 0 Å². The molecule has 8 rings (SSSR count). The molecule has 59 heavy (non-hydrogen) atoms. The Kier molecular flexibility index (Phi) is 10.9. The van der Waals surface area contributed by atoms with Crippen LogP contribution in [0.1, 0.15) is 103 Å². The number of hydrogen-bond donors (Lipinski definition) is 0. The molecule has 5 nitrogen and oxygen atoms in total. The smallest absolute Gasteiger partial charge is 0.391 e. The van der Waals surface area contributed by atoms with Crippen LogP contribution in [0.2, 0.25) is 0 Å². The van der Waals surface area contributed by atoms with Crippen molar-refractivity contribution in [1.82, 2.24) is 19.3 Å². The third kappa shape index (κ3) is 7.71. The standard InChI is InChI=1S/C53H55N5.Pt/c1-50(2,3)47-35-48(51(4,5)6)58(55-47)42-24-18-23-40(33-42)56(11)41-26-27-43-44-31-38(52(7,8)36-19-14-12-15-20-36)25-28-45(44)57(46(43)34-41)49-32-39(29-30-54-49)53(9,10)37-21-16-13-17-22-37;/h12-32,35H,1-11H3;/q-2;+2. The van der Waals surface area contributed by atoms with Gasteiger partial charge in [-0.05, 0) is 57.6 Å². The van der Waals surface area contributed by atoms with Crippen molar-refractivity contribution in [3.63, 3.8) is 0 Å². The van der Waals surface area contributed by atoms with Gasteiger partial charge in [-0.2, -0.15) is 17.2 Å². The van der Waals surface area contributed by atoms with Crippen molar-refractivity contribution in [3.05, 3.63) is 179 Å². The van der Waals surface area contributed by atoms with Crippen LogP contribution in [-0.4, -0.2) is 26.4 Å². The zero-order chi connectivity index (χ0) is 41.2. The molecule has 0 aliphatic rings. The molecule has 0 spiro atoms. The average Bonchev–Trinajstić information content (AvgIpc) is 3.82. The summed E-state index contributed by atoms with van der Waals surface area (Å²) in [6.45, 7) is 22.5. The Bertz CT molecular complexity index is 2760. The fraction of sp³-hybridized carbons (Fsp3) is 0.283. The Balaban J connectivity index is 0.00000528. The first kappa shape index (κ1) is 41.9. The van der Waals surface area contributed by atoms with Crippen molar-refractivity contribution in [2.45, 2.75) is 90.9 Å². The molecule has 5 aromatic carbocycles. The van der Waals surface area contributed by atoms with E-state index >= 15 is 0 Å². The zero-order valence-corrected chi connectivity index (χ0v) is 38.5. The van der Waals surface area contributed by atoms with E-state index in [9.17, 15) is 0 Å². The topological polar surface area (TPSA) is 38.9 Å². The minimum atomic E-state index is -0.227. The van der Waals surface area contributed by atoms with E-state index in [0.717, 1.165) is 50.7 Å². The van der Waals surface area contributed by atoms with E-state index in [1.165, 1.54) is 27.6 Å². The average molecular weight is 957 g/mol. The van der Waals surface area contributed by atoms with Gasteiger partial charge in [0.2, 0.25) is 0 Å². The summed E-state index contributed by atoms with van der Waals surface area (Å²) in [4.78, 5) is 7.22. The van der Waals surface area contributed by atoms with Crippen LogP contribution in [0.5, 0.6) is 0 Å². The van der Waals surface area contributed by atoms with Gasteiger partial charge in [-0.15, -0.1) is 35.7 Å². The van der Waals surface area contributed by atoms with Crippen LogP contribution in [0.15, 0.2) is 134 Å². The van der Waals surface area contributed by atoms with Crippen LogP contribution in [0, 0.1) is 12.1 Å². The van der Waals surface area contributed by atoms with Crippen LogP contribution in [0.25, 0.3) is 33.3 Å². The number of benzene rings is 5. The van der Waals surface area contributed by atoms with Gasteiger partial charge >= 0.3 is 21.1 Å². The molecule has 0 fully saturated rings. The molecule has 6 heteroatoms. The van der Waals surface area contributed by atoms with Crippen LogP contribution in [-0.2, 0) is 42.7 Å². The van der Waals surface area contributed by atoms with Gasteiger partial charge in [-0.25, -0.2) is 4.98 Å². The Labute approximate surface area is 365 Å². The quantitative estimate of drug-likeness (QED) is 0.142. The molecule has 0 saturated heterocycles. The summed E-state index contributed by atoms with van der Waals surface area (Å²) in [5.41, 5.74) is 11.5. The Morgan fingerprint density at radius 3 is 1.76 bits per heavy atom. The Hall–Kier alpha value is -5.25. The molecule has 0 bridgehead atoms. The van der Waals surface area contributed by atoms with Crippen molar-refractivity contribution in [2.24, 2.45) is 0 Å². The first-order chi connectivity index (χ1) is 27.4. The van der Waals surface area contributed by atoms with Gasteiger partial charge in [-0.3, -0.25) is 4.68 Å². The van der Waals surface area contributed by atoms with E-state index in [2.05, 4.69) is 230 Å². The number of nitrogens with zero attached hydrogens (tertiary/aromatic N) is 5. The normalized spacial score (nSPS) is 12.5. The Morgan fingerprint density at radius 1 is 0.542 bits per heavy atom. The predicted octanol–water partition coefficient (Wildman–Crippen LogP) is 13.0. The van der Waals surface area contributed by atoms with Crippen molar-refractivity contribution < 1.29 is 21.1 Å². The van der Waals surface area contributed by atoms with Crippen molar-refractivity contribution in [2.75, 3.05) is 11.9 Å². The fourth-order valence-electron chi connectivity index (χ4n) is 8.09. The Morgan fingerprint density at radius 2 is 1.15 bits per heavy atom. The van der Waals surface area contributed by atoms with Gasteiger partial charge in [0.25, 0.3) is 0 Å². The van der Waals surface area contributed by atoms with Gasteiger partial charge in [0.15, 0.2) is 0 Å². The molecule has 0 aliphatic heterocycles.